The molecule has 0 bridgehead atoms. The van der Waals surface area contributed by atoms with E-state index in [9.17, 15) is 10.0 Å². The lowest BCUT2D eigenvalue weighted by molar-refractivity contribution is -0.457. The van der Waals surface area contributed by atoms with E-state index in [-0.39, 0.29) is 0 Å². The Labute approximate surface area is 171 Å². The molecule has 0 N–H and O–H groups in total. The molecule has 28 heavy (non-hydrogen) atoms. The summed E-state index contributed by atoms with van der Waals surface area (Å²) in [5.41, 5.74) is 0.989. The maximum absolute atomic E-state index is 11.9. The predicted octanol–water partition coefficient (Wildman–Crippen LogP) is 7.14. The lowest BCUT2D eigenvalue weighted by Gasteiger charge is -2.04. The number of hydrogen-bond donors (Lipinski definition) is 0. The summed E-state index contributed by atoms with van der Waals surface area (Å²) in [6, 6.07) is 9.71. The molecule has 4 nitrogen and oxygen atoms in total. The monoisotopic (exact) mass is 386 g/mol. The summed E-state index contributed by atoms with van der Waals surface area (Å²) in [6.07, 6.45) is 14.6. The number of benzene rings is 1. The van der Waals surface area contributed by atoms with Crippen LogP contribution in [-0.2, 0) is 4.79 Å². The molecule has 4 heteroatoms. The van der Waals surface area contributed by atoms with Crippen LogP contribution in [0.2, 0.25) is 0 Å². The third kappa shape index (κ3) is 14.1. The lowest BCUT2D eigenvalue weighted by atomic mass is 10.0. The second kappa shape index (κ2) is 16.0. The number of azo groups is 1. The van der Waals surface area contributed by atoms with Gasteiger partial charge < -0.3 is 5.21 Å². The molecule has 0 aliphatic carbocycles. The Balaban J connectivity index is 1.95. The maximum Gasteiger partial charge on any atom is 0.209 e. The second-order valence-corrected chi connectivity index (χ2v) is 7.94. The molecule has 0 heterocycles. The van der Waals surface area contributed by atoms with Crippen molar-refractivity contribution in [1.82, 2.24) is 0 Å². The van der Waals surface area contributed by atoms with E-state index in [1.54, 1.807) is 6.08 Å². The molecule has 156 valence electrons. The third-order valence-electron chi connectivity index (χ3n) is 4.78. The minimum Gasteiger partial charge on any atom is -0.595 e. The molecule has 0 saturated carbocycles. The third-order valence-corrected chi connectivity index (χ3v) is 4.78. The normalized spacial score (nSPS) is 12.2. The van der Waals surface area contributed by atoms with Gasteiger partial charge >= 0.3 is 0 Å². The van der Waals surface area contributed by atoms with Crippen molar-refractivity contribution in [2.24, 2.45) is 11.0 Å². The first-order valence-electron chi connectivity index (χ1n) is 11.0. The van der Waals surface area contributed by atoms with Crippen LogP contribution in [0.1, 0.15) is 90.0 Å². The standard InChI is InChI=1S/C24H38N2O2/c1-22(2)14-8-6-12-18-24(27)17-11-4-3-5-13-20-25-26(28)21-19-23-15-9-7-10-16-23/h7,9-10,15-16,19,21-22H,3-6,8,11-14,17-18,20H2,1-2H3/b21-19+,26-25?. The molecule has 0 saturated heterocycles. The molecule has 0 radical (unpaired) electrons. The summed E-state index contributed by atoms with van der Waals surface area (Å²) >= 11 is 0. The van der Waals surface area contributed by atoms with E-state index in [1.165, 1.54) is 25.5 Å². The Morgan fingerprint density at radius 1 is 0.964 bits per heavy atom. The molecular weight excluding hydrogens is 348 g/mol. The van der Waals surface area contributed by atoms with Crippen molar-refractivity contribution in [2.75, 3.05) is 6.54 Å². The van der Waals surface area contributed by atoms with E-state index in [0.29, 0.717) is 17.2 Å². The fraction of sp³-hybridized carbons (Fsp3) is 0.625. The Hall–Kier alpha value is -1.97. The van der Waals surface area contributed by atoms with Crippen molar-refractivity contribution in [3.8, 4) is 0 Å². The quantitative estimate of drug-likeness (QED) is 0.131. The Kier molecular flexibility index (Phi) is 13.8. The second-order valence-electron chi connectivity index (χ2n) is 7.94. The van der Waals surface area contributed by atoms with Crippen molar-refractivity contribution in [2.45, 2.75) is 84.5 Å². The van der Waals surface area contributed by atoms with Crippen molar-refractivity contribution in [3.63, 3.8) is 0 Å². The topological polar surface area (TPSA) is 55.5 Å². The van der Waals surface area contributed by atoms with Gasteiger partial charge in [0.15, 0.2) is 0 Å². The summed E-state index contributed by atoms with van der Waals surface area (Å²) in [4.78, 5) is 12.5. The number of nitrogens with zero attached hydrogens (tertiary/aromatic N) is 2. The molecule has 0 atom stereocenters. The molecule has 0 spiro atoms. The molecule has 0 aromatic heterocycles. The van der Waals surface area contributed by atoms with Gasteiger partial charge in [0.25, 0.3) is 0 Å². The predicted molar refractivity (Wildman–Crippen MR) is 117 cm³/mol. The van der Waals surface area contributed by atoms with E-state index in [0.717, 1.165) is 62.8 Å². The van der Waals surface area contributed by atoms with E-state index < -0.39 is 0 Å². The molecule has 0 fully saturated rings. The van der Waals surface area contributed by atoms with Crippen LogP contribution in [0.4, 0.5) is 0 Å². The molecule has 1 aromatic rings. The zero-order valence-corrected chi connectivity index (χ0v) is 17.8. The van der Waals surface area contributed by atoms with Gasteiger partial charge in [-0.05, 0) is 35.9 Å². The number of hydrogen-bond acceptors (Lipinski definition) is 3. The molecule has 0 amide bonds. The molecule has 1 rings (SSSR count). The van der Waals surface area contributed by atoms with Crippen LogP contribution >= 0.6 is 0 Å². The number of rotatable bonds is 16. The largest absolute Gasteiger partial charge is 0.595 e. The number of hydroxylamine groups is 1. The van der Waals surface area contributed by atoms with Crippen LogP contribution in [0.3, 0.4) is 0 Å². The van der Waals surface area contributed by atoms with E-state index in [1.807, 2.05) is 30.3 Å². The van der Waals surface area contributed by atoms with Gasteiger partial charge in [-0.15, -0.1) is 0 Å². The highest BCUT2D eigenvalue weighted by Crippen LogP contribution is 2.12. The average Bonchev–Trinajstić information content (AvgIpc) is 2.68. The van der Waals surface area contributed by atoms with Crippen molar-refractivity contribution >= 4 is 11.9 Å². The molecule has 0 unspecified atom stereocenters. The summed E-state index contributed by atoms with van der Waals surface area (Å²) < 4.78 is 0. The van der Waals surface area contributed by atoms with Crippen LogP contribution in [0.25, 0.3) is 6.08 Å². The van der Waals surface area contributed by atoms with Gasteiger partial charge in [-0.2, -0.15) is 0 Å². The number of carbonyl (C=O) groups excluding carboxylic acids is 1. The van der Waals surface area contributed by atoms with Crippen LogP contribution in [-0.4, -0.2) is 17.2 Å². The number of carbonyl (C=O) groups is 1. The van der Waals surface area contributed by atoms with Crippen LogP contribution < -0.4 is 0 Å². The van der Waals surface area contributed by atoms with Gasteiger partial charge in [0.2, 0.25) is 6.20 Å². The zero-order valence-electron chi connectivity index (χ0n) is 17.8. The van der Waals surface area contributed by atoms with Gasteiger partial charge in [0, 0.05) is 18.9 Å². The Morgan fingerprint density at radius 2 is 1.57 bits per heavy atom. The molecular formula is C24H38N2O2. The van der Waals surface area contributed by atoms with Crippen LogP contribution in [0.15, 0.2) is 41.6 Å². The highest BCUT2D eigenvalue weighted by Gasteiger charge is 2.02. The molecule has 0 aliphatic rings. The van der Waals surface area contributed by atoms with Crippen LogP contribution in [0, 0.1) is 11.1 Å². The average molecular weight is 387 g/mol. The lowest BCUT2D eigenvalue weighted by Crippen LogP contribution is -1.98. The highest BCUT2D eigenvalue weighted by molar-refractivity contribution is 5.78. The SMILES string of the molecule is CC(C)CCCCCC(=O)CCCCCCCN=[N+]([O-])/C=C/c1ccccc1. The first kappa shape index (κ1) is 24.1. The summed E-state index contributed by atoms with van der Waals surface area (Å²) in [7, 11) is 0. The van der Waals surface area contributed by atoms with Gasteiger partial charge in [-0.3, -0.25) is 4.79 Å². The van der Waals surface area contributed by atoms with Gasteiger partial charge in [0.05, 0.1) is 0 Å². The highest BCUT2D eigenvalue weighted by atomic mass is 16.5. The molecule has 0 aliphatic heterocycles. The fourth-order valence-corrected chi connectivity index (χ4v) is 3.07. The maximum atomic E-state index is 11.9. The smallest absolute Gasteiger partial charge is 0.209 e. The Bertz CT molecular complexity index is 580. The summed E-state index contributed by atoms with van der Waals surface area (Å²) in [6.45, 7) is 5.05. The van der Waals surface area contributed by atoms with E-state index in [4.69, 9.17) is 0 Å². The summed E-state index contributed by atoms with van der Waals surface area (Å²) in [5, 5.41) is 15.6. The van der Waals surface area contributed by atoms with Crippen LogP contribution in [0.5, 0.6) is 0 Å². The van der Waals surface area contributed by atoms with E-state index >= 15 is 0 Å². The van der Waals surface area contributed by atoms with E-state index in [2.05, 4.69) is 19.0 Å². The van der Waals surface area contributed by atoms with Gasteiger partial charge in [-0.25, -0.2) is 0 Å². The summed E-state index contributed by atoms with van der Waals surface area (Å²) in [5.74, 6) is 1.19. The number of ketones is 1. The van der Waals surface area contributed by atoms with Crippen molar-refractivity contribution < 1.29 is 9.66 Å². The van der Waals surface area contributed by atoms with Crippen molar-refractivity contribution in [1.29, 1.82) is 0 Å². The number of unbranched alkanes of at least 4 members (excludes halogenated alkanes) is 6. The first-order valence-corrected chi connectivity index (χ1v) is 11.0. The van der Waals surface area contributed by atoms with Crippen molar-refractivity contribution in [3.05, 3.63) is 47.3 Å². The minimum atomic E-state index is 0.423. The first-order chi connectivity index (χ1) is 13.6. The zero-order chi connectivity index (χ0) is 20.5. The van der Waals surface area contributed by atoms with Gasteiger partial charge in [-0.1, -0.05) is 87.6 Å². The Morgan fingerprint density at radius 3 is 2.25 bits per heavy atom. The molecule has 1 aromatic carbocycles. The fourth-order valence-electron chi connectivity index (χ4n) is 3.07. The number of Topliss-reactive ketones (excluding diaryl/α,β-unsaturated/α-hetero) is 1. The van der Waals surface area contributed by atoms with Gasteiger partial charge in [0.1, 0.15) is 12.3 Å². The minimum absolute atomic E-state index is 0.423.